The average Bonchev–Trinajstić information content (AvgIpc) is 2.28. The smallest absolute Gasteiger partial charge is 0.319 e. The molecule has 6 heteroatoms. The third kappa shape index (κ3) is 2.62. The molecule has 18 heavy (non-hydrogen) atoms. The van der Waals surface area contributed by atoms with Crippen LogP contribution in [0.1, 0.15) is 6.42 Å². The van der Waals surface area contributed by atoms with Gasteiger partial charge in [0.2, 0.25) is 5.91 Å². The summed E-state index contributed by atoms with van der Waals surface area (Å²) >= 11 is 0. The fourth-order valence-electron chi connectivity index (χ4n) is 1.81. The van der Waals surface area contributed by atoms with Crippen molar-refractivity contribution in [1.82, 2.24) is 5.32 Å². The first kappa shape index (κ1) is 12.8. The highest BCUT2D eigenvalue weighted by atomic mass is 31.2. The van der Waals surface area contributed by atoms with Crippen LogP contribution < -0.4 is 15.5 Å². The first-order valence-electron chi connectivity index (χ1n) is 5.65. The van der Waals surface area contributed by atoms with E-state index in [9.17, 15) is 14.2 Å². The fourth-order valence-corrected chi connectivity index (χ4v) is 2.69. The maximum atomic E-state index is 12.0. The SMILES string of the molecule is CP(C)(=O)c1cccc(N2CCC(=O)NC2=O)c1. The average molecular weight is 266 g/mol. The number of imide groups is 1. The highest BCUT2D eigenvalue weighted by Crippen LogP contribution is 2.35. The van der Waals surface area contributed by atoms with E-state index in [1.165, 1.54) is 4.90 Å². The Balaban J connectivity index is 2.32. The highest BCUT2D eigenvalue weighted by Gasteiger charge is 2.24. The third-order valence-corrected chi connectivity index (χ3v) is 4.34. The fraction of sp³-hybridized carbons (Fsp3) is 0.333. The lowest BCUT2D eigenvalue weighted by Gasteiger charge is -2.27. The molecule has 0 atom stereocenters. The lowest BCUT2D eigenvalue weighted by atomic mass is 10.2. The first-order chi connectivity index (χ1) is 8.38. The summed E-state index contributed by atoms with van der Waals surface area (Å²) in [5.41, 5.74) is 0.668. The van der Waals surface area contributed by atoms with Crippen LogP contribution in [0.2, 0.25) is 0 Å². The summed E-state index contributed by atoms with van der Waals surface area (Å²) in [4.78, 5) is 24.3. The van der Waals surface area contributed by atoms with E-state index in [0.29, 0.717) is 12.2 Å². The molecule has 1 aromatic rings. The Kier molecular flexibility index (Phi) is 3.26. The minimum atomic E-state index is -2.35. The van der Waals surface area contributed by atoms with Gasteiger partial charge in [-0.3, -0.25) is 15.0 Å². The minimum Gasteiger partial charge on any atom is -0.319 e. The molecule has 5 nitrogen and oxygen atoms in total. The number of amides is 3. The molecule has 1 heterocycles. The molecule has 0 unspecified atom stereocenters. The molecule has 1 N–H and O–H groups in total. The second kappa shape index (κ2) is 4.58. The molecule has 1 fully saturated rings. The highest BCUT2D eigenvalue weighted by molar-refractivity contribution is 7.70. The number of carbonyl (C=O) groups excluding carboxylic acids is 2. The number of nitrogens with zero attached hydrogens (tertiary/aromatic N) is 1. The van der Waals surface area contributed by atoms with Crippen molar-refractivity contribution in [2.75, 3.05) is 24.8 Å². The lowest BCUT2D eigenvalue weighted by Crippen LogP contribution is -2.49. The molecule has 0 bridgehead atoms. The topological polar surface area (TPSA) is 66.5 Å². The number of hydrogen-bond acceptors (Lipinski definition) is 3. The Morgan fingerprint density at radius 1 is 1.28 bits per heavy atom. The predicted octanol–water partition coefficient (Wildman–Crippen LogP) is 1.38. The van der Waals surface area contributed by atoms with Gasteiger partial charge in [-0.2, -0.15) is 0 Å². The van der Waals surface area contributed by atoms with E-state index in [1.54, 1.807) is 37.6 Å². The lowest BCUT2D eigenvalue weighted by molar-refractivity contribution is -0.120. The van der Waals surface area contributed by atoms with E-state index in [-0.39, 0.29) is 12.3 Å². The van der Waals surface area contributed by atoms with Gasteiger partial charge in [0, 0.05) is 24.0 Å². The summed E-state index contributed by atoms with van der Waals surface area (Å²) in [6, 6.07) is 6.65. The summed E-state index contributed by atoms with van der Waals surface area (Å²) in [5.74, 6) is -0.260. The van der Waals surface area contributed by atoms with Crippen LogP contribution in [-0.2, 0) is 9.36 Å². The summed E-state index contributed by atoms with van der Waals surface area (Å²) in [5, 5.41) is 2.99. The molecule has 0 spiro atoms. The zero-order chi connectivity index (χ0) is 13.3. The second-order valence-corrected chi connectivity index (χ2v) is 7.84. The van der Waals surface area contributed by atoms with E-state index in [4.69, 9.17) is 0 Å². The van der Waals surface area contributed by atoms with Gasteiger partial charge in [-0.15, -0.1) is 0 Å². The molecule has 96 valence electrons. The van der Waals surface area contributed by atoms with Crippen molar-refractivity contribution >= 4 is 30.1 Å². The summed E-state index contributed by atoms with van der Waals surface area (Å²) in [6.07, 6.45) is 0.284. The number of urea groups is 1. The van der Waals surface area contributed by atoms with Gasteiger partial charge in [-0.1, -0.05) is 12.1 Å². The van der Waals surface area contributed by atoms with Crippen LogP contribution in [0.25, 0.3) is 0 Å². The molecule has 0 aliphatic carbocycles. The van der Waals surface area contributed by atoms with Gasteiger partial charge in [0.25, 0.3) is 0 Å². The van der Waals surface area contributed by atoms with E-state index < -0.39 is 13.2 Å². The van der Waals surface area contributed by atoms with Crippen LogP contribution in [0.4, 0.5) is 10.5 Å². The predicted molar refractivity (Wildman–Crippen MR) is 71.0 cm³/mol. The van der Waals surface area contributed by atoms with Crippen LogP contribution in [0.3, 0.4) is 0 Å². The van der Waals surface area contributed by atoms with Crippen molar-refractivity contribution in [3.63, 3.8) is 0 Å². The molecule has 0 radical (unpaired) electrons. The minimum absolute atomic E-state index is 0.260. The number of hydrogen-bond donors (Lipinski definition) is 1. The Hall–Kier alpha value is -1.61. The van der Waals surface area contributed by atoms with Gasteiger partial charge < -0.3 is 4.57 Å². The Morgan fingerprint density at radius 2 is 2.00 bits per heavy atom. The molecule has 3 amide bonds. The molecular formula is C12H15N2O3P. The maximum absolute atomic E-state index is 12.0. The van der Waals surface area contributed by atoms with Gasteiger partial charge in [0.1, 0.15) is 7.14 Å². The second-order valence-electron chi connectivity index (χ2n) is 4.63. The number of nitrogens with one attached hydrogen (secondary N) is 1. The first-order valence-corrected chi connectivity index (χ1v) is 8.25. The normalized spacial score (nSPS) is 16.7. The molecule has 1 saturated heterocycles. The molecule has 1 aliphatic heterocycles. The van der Waals surface area contributed by atoms with Crippen molar-refractivity contribution < 1.29 is 14.2 Å². The van der Waals surface area contributed by atoms with Gasteiger partial charge >= 0.3 is 6.03 Å². The zero-order valence-electron chi connectivity index (χ0n) is 10.3. The molecule has 1 aliphatic rings. The number of carbonyl (C=O) groups is 2. The number of anilines is 1. The van der Waals surface area contributed by atoms with Gasteiger partial charge in [0.15, 0.2) is 0 Å². The zero-order valence-corrected chi connectivity index (χ0v) is 11.2. The van der Waals surface area contributed by atoms with Crippen LogP contribution in [-0.4, -0.2) is 31.8 Å². The van der Waals surface area contributed by atoms with Crippen LogP contribution in [0.5, 0.6) is 0 Å². The summed E-state index contributed by atoms with van der Waals surface area (Å²) in [7, 11) is -2.35. The Bertz CT molecular complexity index is 550. The molecule has 1 aromatic carbocycles. The van der Waals surface area contributed by atoms with Gasteiger partial charge in [0.05, 0.1) is 0 Å². The quantitative estimate of drug-likeness (QED) is 0.822. The third-order valence-electron chi connectivity index (χ3n) is 2.82. The summed E-state index contributed by atoms with van der Waals surface area (Å²) in [6.45, 7) is 3.73. The van der Waals surface area contributed by atoms with Crippen LogP contribution in [0, 0.1) is 0 Å². The molecule has 0 aromatic heterocycles. The molecule has 0 saturated carbocycles. The maximum Gasteiger partial charge on any atom is 0.328 e. The number of rotatable bonds is 2. The van der Waals surface area contributed by atoms with E-state index in [1.807, 2.05) is 0 Å². The summed E-state index contributed by atoms with van der Waals surface area (Å²) < 4.78 is 12.0. The van der Waals surface area contributed by atoms with Gasteiger partial charge in [-0.25, -0.2) is 4.79 Å². The standard InChI is InChI=1S/C12H15N2O3P/c1-18(2,17)10-5-3-4-9(8-10)14-7-6-11(15)13-12(14)16/h3-5,8H,6-7H2,1-2H3,(H,13,15,16). The monoisotopic (exact) mass is 266 g/mol. The molecule has 2 rings (SSSR count). The Morgan fingerprint density at radius 3 is 2.61 bits per heavy atom. The van der Waals surface area contributed by atoms with Crippen LogP contribution >= 0.6 is 7.14 Å². The largest absolute Gasteiger partial charge is 0.328 e. The molecular weight excluding hydrogens is 251 g/mol. The number of benzene rings is 1. The van der Waals surface area contributed by atoms with Crippen molar-refractivity contribution in [3.8, 4) is 0 Å². The Labute approximate surface area is 106 Å². The van der Waals surface area contributed by atoms with E-state index in [2.05, 4.69) is 5.32 Å². The van der Waals surface area contributed by atoms with Crippen molar-refractivity contribution in [2.24, 2.45) is 0 Å². The van der Waals surface area contributed by atoms with Crippen LogP contribution in [0.15, 0.2) is 24.3 Å². The van der Waals surface area contributed by atoms with E-state index in [0.717, 1.165) is 5.30 Å². The van der Waals surface area contributed by atoms with Gasteiger partial charge in [-0.05, 0) is 25.5 Å². The van der Waals surface area contributed by atoms with Crippen molar-refractivity contribution in [2.45, 2.75) is 6.42 Å². The van der Waals surface area contributed by atoms with Crippen molar-refractivity contribution in [3.05, 3.63) is 24.3 Å². The van der Waals surface area contributed by atoms with Crippen molar-refractivity contribution in [1.29, 1.82) is 0 Å². The van der Waals surface area contributed by atoms with E-state index >= 15 is 0 Å².